The van der Waals surface area contributed by atoms with Gasteiger partial charge in [0.05, 0.1) is 17.6 Å². The van der Waals surface area contributed by atoms with Crippen LogP contribution >= 0.6 is 0 Å². The van der Waals surface area contributed by atoms with Crippen molar-refractivity contribution < 1.29 is 13.2 Å². The first-order valence-electron chi connectivity index (χ1n) is 7.69. The standard InChI is InChI=1S/C16H23NO3S/c1-20-12-7-8-14-11(10-12)6-9-15(16(14)17)21(18,19)13-4-2-3-5-13/h7-8,10,13,15-16H,2-6,9,17H2,1H3. The normalized spacial score (nSPS) is 26.6. The van der Waals surface area contributed by atoms with Gasteiger partial charge in [-0.2, -0.15) is 0 Å². The van der Waals surface area contributed by atoms with Crippen LogP contribution in [-0.2, 0) is 16.3 Å². The molecule has 0 aromatic heterocycles. The monoisotopic (exact) mass is 309 g/mol. The summed E-state index contributed by atoms with van der Waals surface area (Å²) < 4.78 is 30.9. The summed E-state index contributed by atoms with van der Waals surface area (Å²) in [6, 6.07) is 5.36. The average Bonchev–Trinajstić information content (AvgIpc) is 3.02. The van der Waals surface area contributed by atoms with Crippen LogP contribution in [-0.4, -0.2) is 26.0 Å². The molecule has 1 aromatic carbocycles. The molecule has 2 N–H and O–H groups in total. The first kappa shape index (κ1) is 14.9. The highest BCUT2D eigenvalue weighted by atomic mass is 32.2. The minimum absolute atomic E-state index is 0.173. The first-order chi connectivity index (χ1) is 10.0. The molecule has 4 nitrogen and oxygen atoms in total. The third kappa shape index (κ3) is 2.57. The number of benzene rings is 1. The van der Waals surface area contributed by atoms with E-state index in [9.17, 15) is 8.42 Å². The smallest absolute Gasteiger partial charge is 0.157 e. The maximum absolute atomic E-state index is 12.8. The minimum atomic E-state index is -3.13. The predicted molar refractivity (Wildman–Crippen MR) is 83.2 cm³/mol. The van der Waals surface area contributed by atoms with E-state index in [-0.39, 0.29) is 5.25 Å². The molecule has 0 bridgehead atoms. The number of hydrogen-bond donors (Lipinski definition) is 1. The van der Waals surface area contributed by atoms with Gasteiger partial charge in [0.1, 0.15) is 5.75 Å². The fourth-order valence-corrected chi connectivity index (χ4v) is 6.25. The van der Waals surface area contributed by atoms with E-state index in [2.05, 4.69) is 0 Å². The summed E-state index contributed by atoms with van der Waals surface area (Å²) in [5.74, 6) is 0.804. The number of methoxy groups -OCH3 is 1. The summed E-state index contributed by atoms with van der Waals surface area (Å²) in [7, 11) is -1.49. The van der Waals surface area contributed by atoms with E-state index in [0.717, 1.165) is 49.0 Å². The SMILES string of the molecule is COc1ccc2c(c1)CCC(S(=O)(=O)C1CCCC1)C2N. The highest BCUT2D eigenvalue weighted by Gasteiger charge is 2.41. The summed E-state index contributed by atoms with van der Waals surface area (Å²) in [5.41, 5.74) is 8.41. The van der Waals surface area contributed by atoms with Gasteiger partial charge in [-0.05, 0) is 48.9 Å². The van der Waals surface area contributed by atoms with E-state index in [0.29, 0.717) is 6.42 Å². The molecule has 3 rings (SSSR count). The van der Waals surface area contributed by atoms with Gasteiger partial charge >= 0.3 is 0 Å². The maximum Gasteiger partial charge on any atom is 0.157 e. The van der Waals surface area contributed by atoms with E-state index < -0.39 is 21.1 Å². The van der Waals surface area contributed by atoms with Crippen LogP contribution in [0.25, 0.3) is 0 Å². The Balaban J connectivity index is 1.90. The average molecular weight is 309 g/mol. The van der Waals surface area contributed by atoms with Crippen LogP contribution in [0, 0.1) is 0 Å². The third-order valence-corrected chi connectivity index (χ3v) is 7.77. The van der Waals surface area contributed by atoms with Gasteiger partial charge in [0.15, 0.2) is 9.84 Å². The van der Waals surface area contributed by atoms with Gasteiger partial charge in [-0.25, -0.2) is 8.42 Å². The van der Waals surface area contributed by atoms with Crippen molar-refractivity contribution in [3.63, 3.8) is 0 Å². The second-order valence-corrected chi connectivity index (χ2v) is 8.61. The number of ether oxygens (including phenoxy) is 1. The number of aryl methyl sites for hydroxylation is 1. The lowest BCUT2D eigenvalue weighted by Crippen LogP contribution is -2.41. The molecule has 116 valence electrons. The first-order valence-corrected chi connectivity index (χ1v) is 9.30. The van der Waals surface area contributed by atoms with Gasteiger partial charge in [0.25, 0.3) is 0 Å². The summed E-state index contributed by atoms with van der Waals surface area (Å²) in [6.07, 6.45) is 5.05. The topological polar surface area (TPSA) is 69.4 Å². The molecular formula is C16H23NO3S. The second kappa shape index (κ2) is 5.61. The maximum atomic E-state index is 12.8. The number of hydrogen-bond acceptors (Lipinski definition) is 4. The molecule has 0 spiro atoms. The summed E-state index contributed by atoms with van der Waals surface area (Å²) in [6.45, 7) is 0. The van der Waals surface area contributed by atoms with Gasteiger partial charge in [0.2, 0.25) is 0 Å². The van der Waals surface area contributed by atoms with Crippen LogP contribution in [0.5, 0.6) is 5.75 Å². The number of fused-ring (bicyclic) bond motifs is 1. The van der Waals surface area contributed by atoms with E-state index in [1.54, 1.807) is 7.11 Å². The molecular weight excluding hydrogens is 286 g/mol. The van der Waals surface area contributed by atoms with Crippen molar-refractivity contribution in [3.05, 3.63) is 29.3 Å². The Morgan fingerprint density at radius 2 is 1.90 bits per heavy atom. The Labute approximate surface area is 126 Å². The molecule has 2 atom stereocenters. The van der Waals surface area contributed by atoms with Crippen LogP contribution in [0.3, 0.4) is 0 Å². The molecule has 2 aliphatic carbocycles. The fraction of sp³-hybridized carbons (Fsp3) is 0.625. The Morgan fingerprint density at radius 3 is 2.57 bits per heavy atom. The molecule has 5 heteroatoms. The van der Waals surface area contributed by atoms with Gasteiger partial charge in [0, 0.05) is 6.04 Å². The van der Waals surface area contributed by atoms with Crippen molar-refractivity contribution in [2.75, 3.05) is 7.11 Å². The molecule has 2 aliphatic rings. The Morgan fingerprint density at radius 1 is 1.19 bits per heavy atom. The molecule has 0 aliphatic heterocycles. The molecule has 0 saturated heterocycles. The van der Waals surface area contributed by atoms with E-state index in [1.807, 2.05) is 18.2 Å². The Bertz CT molecular complexity index is 620. The summed E-state index contributed by atoms with van der Waals surface area (Å²) in [5, 5.41) is -0.602. The highest BCUT2D eigenvalue weighted by Crippen LogP contribution is 2.38. The minimum Gasteiger partial charge on any atom is -0.497 e. The van der Waals surface area contributed by atoms with E-state index >= 15 is 0 Å². The fourth-order valence-electron chi connectivity index (χ4n) is 3.76. The molecule has 0 amide bonds. The van der Waals surface area contributed by atoms with Gasteiger partial charge in [-0.3, -0.25) is 0 Å². The lowest BCUT2D eigenvalue weighted by atomic mass is 9.87. The van der Waals surface area contributed by atoms with Crippen LogP contribution < -0.4 is 10.5 Å². The lowest BCUT2D eigenvalue weighted by molar-refractivity contribution is 0.413. The zero-order chi connectivity index (χ0) is 15.0. The molecule has 0 heterocycles. The van der Waals surface area contributed by atoms with Crippen LogP contribution in [0.2, 0.25) is 0 Å². The largest absolute Gasteiger partial charge is 0.497 e. The van der Waals surface area contributed by atoms with Crippen molar-refractivity contribution in [1.29, 1.82) is 0 Å². The molecule has 1 aromatic rings. The molecule has 1 fully saturated rings. The summed E-state index contributed by atoms with van der Waals surface area (Å²) >= 11 is 0. The lowest BCUT2D eigenvalue weighted by Gasteiger charge is -2.32. The van der Waals surface area contributed by atoms with Crippen molar-refractivity contribution in [1.82, 2.24) is 0 Å². The van der Waals surface area contributed by atoms with Crippen molar-refractivity contribution in [3.8, 4) is 5.75 Å². The van der Waals surface area contributed by atoms with E-state index in [4.69, 9.17) is 10.5 Å². The van der Waals surface area contributed by atoms with Crippen molar-refractivity contribution in [2.24, 2.45) is 5.73 Å². The van der Waals surface area contributed by atoms with Crippen molar-refractivity contribution in [2.45, 2.75) is 55.1 Å². The van der Waals surface area contributed by atoms with E-state index in [1.165, 1.54) is 0 Å². The second-order valence-electron chi connectivity index (χ2n) is 6.16. The zero-order valence-electron chi connectivity index (χ0n) is 12.4. The van der Waals surface area contributed by atoms with Crippen LogP contribution in [0.15, 0.2) is 18.2 Å². The predicted octanol–water partition coefficient (Wildman–Crippen LogP) is 2.37. The van der Waals surface area contributed by atoms with Gasteiger partial charge in [-0.1, -0.05) is 18.9 Å². The number of nitrogens with two attached hydrogens (primary N) is 1. The Hall–Kier alpha value is -1.07. The Kier molecular flexibility index (Phi) is 3.97. The van der Waals surface area contributed by atoms with Crippen molar-refractivity contribution >= 4 is 9.84 Å². The highest BCUT2D eigenvalue weighted by molar-refractivity contribution is 7.92. The molecule has 0 radical (unpaired) electrons. The zero-order valence-corrected chi connectivity index (χ0v) is 13.2. The number of sulfone groups is 1. The number of rotatable bonds is 3. The quantitative estimate of drug-likeness (QED) is 0.930. The van der Waals surface area contributed by atoms with Gasteiger partial charge in [-0.15, -0.1) is 0 Å². The van der Waals surface area contributed by atoms with Crippen LogP contribution in [0.1, 0.15) is 49.3 Å². The molecule has 21 heavy (non-hydrogen) atoms. The van der Waals surface area contributed by atoms with Gasteiger partial charge < -0.3 is 10.5 Å². The summed E-state index contributed by atoms with van der Waals surface area (Å²) in [4.78, 5) is 0. The molecule has 1 saturated carbocycles. The third-order valence-electron chi connectivity index (χ3n) is 5.00. The van der Waals surface area contributed by atoms with Crippen LogP contribution in [0.4, 0.5) is 0 Å². The molecule has 2 unspecified atom stereocenters.